The molecule has 2 aliphatic heterocycles. The molecule has 0 aromatic heterocycles. The van der Waals surface area contributed by atoms with Crippen LogP contribution < -0.4 is 0 Å². The third-order valence-electron chi connectivity index (χ3n) is 2.48. The summed E-state index contributed by atoms with van der Waals surface area (Å²) in [7, 11) is 1.69. The second-order valence-electron chi connectivity index (χ2n) is 3.70. The van der Waals surface area contributed by atoms with Crippen LogP contribution in [0.25, 0.3) is 0 Å². The van der Waals surface area contributed by atoms with Gasteiger partial charge in [-0.2, -0.15) is 0 Å². The molecule has 1 atom stereocenters. The Morgan fingerprint density at radius 2 is 1.64 bits per heavy atom. The van der Waals surface area contributed by atoms with Crippen molar-refractivity contribution < 1.29 is 14.2 Å². The number of hydrogen-bond donors (Lipinski definition) is 0. The zero-order valence-electron chi connectivity index (χ0n) is 9.17. The van der Waals surface area contributed by atoms with Crippen LogP contribution in [0.3, 0.4) is 0 Å². The predicted octanol–water partition coefficient (Wildman–Crippen LogP) is 2.35. The minimum Gasteiger partial charge on any atom is -0.381 e. The van der Waals surface area contributed by atoms with Crippen LogP contribution in [-0.2, 0) is 14.2 Å². The second-order valence-corrected chi connectivity index (χ2v) is 3.70. The van der Waals surface area contributed by atoms with Crippen LogP contribution in [0.4, 0.5) is 0 Å². The lowest BCUT2D eigenvalue weighted by Gasteiger charge is -2.20. The van der Waals surface area contributed by atoms with E-state index in [0.717, 1.165) is 26.2 Å². The molecule has 0 radical (unpaired) electrons. The van der Waals surface area contributed by atoms with Gasteiger partial charge in [-0.15, -0.1) is 0 Å². The topological polar surface area (TPSA) is 27.7 Å². The molecule has 2 rings (SSSR count). The van der Waals surface area contributed by atoms with E-state index >= 15 is 0 Å². The molecule has 2 aliphatic rings. The molecule has 0 bridgehead atoms. The predicted molar refractivity (Wildman–Crippen MR) is 55.3 cm³/mol. The third-order valence-corrected chi connectivity index (χ3v) is 2.48. The molecule has 0 aliphatic carbocycles. The molecule has 2 fully saturated rings. The molecule has 0 aromatic rings. The summed E-state index contributed by atoms with van der Waals surface area (Å²) >= 11 is 0. The lowest BCUT2D eigenvalue weighted by Crippen LogP contribution is -2.20. The van der Waals surface area contributed by atoms with E-state index in [1.54, 1.807) is 7.11 Å². The molecule has 1 unspecified atom stereocenters. The van der Waals surface area contributed by atoms with Gasteiger partial charge < -0.3 is 14.2 Å². The Labute approximate surface area is 86.7 Å². The molecule has 14 heavy (non-hydrogen) atoms. The smallest absolute Gasteiger partial charge is 0.157 e. The first-order valence-electron chi connectivity index (χ1n) is 5.65. The zero-order chi connectivity index (χ0) is 10.1. The van der Waals surface area contributed by atoms with Gasteiger partial charge in [-0.05, 0) is 38.5 Å². The van der Waals surface area contributed by atoms with Crippen LogP contribution in [0.5, 0.6) is 0 Å². The van der Waals surface area contributed by atoms with Crippen LogP contribution in [0, 0.1) is 0 Å². The van der Waals surface area contributed by atoms with Gasteiger partial charge in [0.2, 0.25) is 0 Å². The minimum absolute atomic E-state index is 0.0868. The average molecular weight is 202 g/mol. The van der Waals surface area contributed by atoms with Gasteiger partial charge in [0, 0.05) is 26.9 Å². The summed E-state index contributed by atoms with van der Waals surface area (Å²) in [5.74, 6) is 0. The lowest BCUT2D eigenvalue weighted by molar-refractivity contribution is -0.145. The summed E-state index contributed by atoms with van der Waals surface area (Å²) in [4.78, 5) is 0. The van der Waals surface area contributed by atoms with Crippen molar-refractivity contribution in [2.24, 2.45) is 0 Å². The molecule has 0 saturated carbocycles. The number of methoxy groups -OCH3 is 1. The second kappa shape index (κ2) is 8.21. The molecule has 3 nitrogen and oxygen atoms in total. The van der Waals surface area contributed by atoms with Crippen molar-refractivity contribution in [2.75, 3.05) is 26.9 Å². The largest absolute Gasteiger partial charge is 0.381 e. The van der Waals surface area contributed by atoms with E-state index in [-0.39, 0.29) is 6.29 Å². The molecule has 2 saturated heterocycles. The minimum atomic E-state index is 0.0868. The molecular formula is C11H22O3. The molecular weight excluding hydrogens is 180 g/mol. The summed E-state index contributed by atoms with van der Waals surface area (Å²) in [5.41, 5.74) is 0. The molecule has 84 valence electrons. The molecule has 0 N–H and O–H groups in total. The van der Waals surface area contributed by atoms with E-state index in [1.807, 2.05) is 0 Å². The van der Waals surface area contributed by atoms with Crippen LogP contribution in [0.2, 0.25) is 0 Å². The fourth-order valence-electron chi connectivity index (χ4n) is 1.58. The highest BCUT2D eigenvalue weighted by molar-refractivity contribution is 4.52. The summed E-state index contributed by atoms with van der Waals surface area (Å²) in [6.45, 7) is 2.87. The van der Waals surface area contributed by atoms with Gasteiger partial charge in [0.25, 0.3) is 0 Å². The Balaban J connectivity index is 0.000000146. The highest BCUT2D eigenvalue weighted by Crippen LogP contribution is 2.11. The van der Waals surface area contributed by atoms with E-state index in [2.05, 4.69) is 0 Å². The Morgan fingerprint density at radius 1 is 0.929 bits per heavy atom. The van der Waals surface area contributed by atoms with Gasteiger partial charge >= 0.3 is 0 Å². The first-order valence-corrected chi connectivity index (χ1v) is 5.65. The van der Waals surface area contributed by atoms with E-state index in [9.17, 15) is 0 Å². The Morgan fingerprint density at radius 3 is 1.93 bits per heavy atom. The quantitative estimate of drug-likeness (QED) is 0.653. The van der Waals surface area contributed by atoms with Crippen molar-refractivity contribution in [1.29, 1.82) is 0 Å². The van der Waals surface area contributed by atoms with Gasteiger partial charge in [-0.25, -0.2) is 0 Å². The van der Waals surface area contributed by atoms with E-state index in [0.29, 0.717) is 0 Å². The van der Waals surface area contributed by atoms with Crippen LogP contribution in [-0.4, -0.2) is 33.2 Å². The van der Waals surface area contributed by atoms with Crippen LogP contribution in [0.1, 0.15) is 38.5 Å². The van der Waals surface area contributed by atoms with Crippen molar-refractivity contribution in [3.8, 4) is 0 Å². The number of ether oxygens (including phenoxy) is 3. The highest BCUT2D eigenvalue weighted by atomic mass is 16.7. The van der Waals surface area contributed by atoms with Crippen molar-refractivity contribution in [3.63, 3.8) is 0 Å². The Hall–Kier alpha value is -0.120. The van der Waals surface area contributed by atoms with Gasteiger partial charge in [-0.3, -0.25) is 0 Å². The van der Waals surface area contributed by atoms with Gasteiger partial charge in [0.05, 0.1) is 0 Å². The molecule has 3 heteroatoms. The number of hydrogen-bond acceptors (Lipinski definition) is 3. The SMILES string of the molecule is C1CCOCC1.COC1CCCCO1. The standard InChI is InChI=1S/C6H12O2.C5H10O/c1-7-6-4-2-3-5-8-6;1-2-4-6-5-3-1/h6H,2-5H2,1H3;1-5H2. The monoisotopic (exact) mass is 202 g/mol. The van der Waals surface area contributed by atoms with Crippen LogP contribution >= 0.6 is 0 Å². The molecule has 0 spiro atoms. The van der Waals surface area contributed by atoms with Crippen molar-refractivity contribution in [1.82, 2.24) is 0 Å². The van der Waals surface area contributed by atoms with E-state index in [4.69, 9.17) is 14.2 Å². The maximum Gasteiger partial charge on any atom is 0.157 e. The summed E-state index contributed by atoms with van der Waals surface area (Å²) in [5, 5.41) is 0. The highest BCUT2D eigenvalue weighted by Gasteiger charge is 2.10. The Kier molecular flexibility index (Phi) is 7.01. The normalized spacial score (nSPS) is 27.6. The maximum absolute atomic E-state index is 5.20. The van der Waals surface area contributed by atoms with Gasteiger partial charge in [0.15, 0.2) is 6.29 Å². The first kappa shape index (κ1) is 12.0. The molecule has 0 aromatic carbocycles. The van der Waals surface area contributed by atoms with Crippen molar-refractivity contribution in [2.45, 2.75) is 44.8 Å². The van der Waals surface area contributed by atoms with Crippen molar-refractivity contribution >= 4 is 0 Å². The summed E-state index contributed by atoms with van der Waals surface area (Å²) < 4.78 is 15.2. The fourth-order valence-corrected chi connectivity index (χ4v) is 1.58. The van der Waals surface area contributed by atoms with E-state index < -0.39 is 0 Å². The maximum atomic E-state index is 5.20. The van der Waals surface area contributed by atoms with Gasteiger partial charge in [0.1, 0.15) is 0 Å². The Bertz CT molecular complexity index is 106. The van der Waals surface area contributed by atoms with Crippen molar-refractivity contribution in [3.05, 3.63) is 0 Å². The summed E-state index contributed by atoms with van der Waals surface area (Å²) in [6, 6.07) is 0. The molecule has 0 amide bonds. The zero-order valence-corrected chi connectivity index (χ0v) is 9.17. The third kappa shape index (κ3) is 5.58. The van der Waals surface area contributed by atoms with Crippen LogP contribution in [0.15, 0.2) is 0 Å². The summed E-state index contributed by atoms with van der Waals surface area (Å²) in [6.07, 6.45) is 7.53. The van der Waals surface area contributed by atoms with Gasteiger partial charge in [-0.1, -0.05) is 0 Å². The lowest BCUT2D eigenvalue weighted by atomic mass is 10.2. The average Bonchev–Trinajstić information content (AvgIpc) is 2.33. The number of rotatable bonds is 1. The fraction of sp³-hybridized carbons (Fsp3) is 1.00. The first-order chi connectivity index (χ1) is 6.93. The van der Waals surface area contributed by atoms with E-state index in [1.165, 1.54) is 32.1 Å². The molecule has 2 heterocycles.